The first-order valence-corrected chi connectivity index (χ1v) is 8.90. The monoisotopic (exact) mass is 332 g/mol. The summed E-state index contributed by atoms with van der Waals surface area (Å²) in [5.41, 5.74) is 0. The van der Waals surface area contributed by atoms with E-state index < -0.39 is 18.2 Å². The molecule has 0 bridgehead atoms. The Labute approximate surface area is 136 Å². The number of hydrogen-bond acceptors (Lipinski definition) is 3. The Bertz CT molecular complexity index is 432. The van der Waals surface area contributed by atoms with Crippen molar-refractivity contribution in [2.45, 2.75) is 70.3 Å². The summed E-state index contributed by atoms with van der Waals surface area (Å²) in [6.45, 7) is 5.02. The second kappa shape index (κ2) is 6.91. The standard InChI is InChI=1S/C17H27F3N2O/c1-13-22(12-16(23-13)17(18,19)20)15-8-4-3-7-14(15)11-21-9-5-2-6-10-21/h12-15H,2-11H2,1H3/t13?,14-,15+/m0/s1. The van der Waals surface area contributed by atoms with Crippen LogP contribution in [0.3, 0.4) is 0 Å². The summed E-state index contributed by atoms with van der Waals surface area (Å²) in [4.78, 5) is 4.33. The van der Waals surface area contributed by atoms with E-state index >= 15 is 0 Å². The number of nitrogens with zero attached hydrogens (tertiary/aromatic N) is 2. The van der Waals surface area contributed by atoms with Crippen molar-refractivity contribution >= 4 is 0 Å². The minimum Gasteiger partial charge on any atom is -0.464 e. The van der Waals surface area contributed by atoms with Gasteiger partial charge in [-0.05, 0) is 51.6 Å². The molecule has 3 rings (SSSR count). The van der Waals surface area contributed by atoms with Crippen LogP contribution in [0.1, 0.15) is 51.9 Å². The van der Waals surface area contributed by atoms with E-state index in [0.29, 0.717) is 5.92 Å². The van der Waals surface area contributed by atoms with Gasteiger partial charge in [-0.1, -0.05) is 19.3 Å². The minimum atomic E-state index is -4.39. The Morgan fingerprint density at radius 1 is 1.09 bits per heavy atom. The Balaban J connectivity index is 1.69. The molecule has 1 unspecified atom stereocenters. The van der Waals surface area contributed by atoms with Gasteiger partial charge in [0.1, 0.15) is 0 Å². The zero-order valence-electron chi connectivity index (χ0n) is 13.8. The van der Waals surface area contributed by atoms with E-state index in [0.717, 1.165) is 38.9 Å². The van der Waals surface area contributed by atoms with E-state index in [9.17, 15) is 13.2 Å². The van der Waals surface area contributed by atoms with E-state index in [-0.39, 0.29) is 6.04 Å². The zero-order chi connectivity index (χ0) is 16.4. The Kier molecular flexibility index (Phi) is 5.09. The number of alkyl halides is 3. The summed E-state index contributed by atoms with van der Waals surface area (Å²) in [6.07, 6.45) is 4.47. The van der Waals surface area contributed by atoms with Crippen LogP contribution in [0.5, 0.6) is 0 Å². The molecule has 0 amide bonds. The number of ether oxygens (including phenoxy) is 1. The molecular formula is C17H27F3N2O. The van der Waals surface area contributed by atoms with Crippen molar-refractivity contribution in [1.29, 1.82) is 0 Å². The molecule has 6 heteroatoms. The summed E-state index contributed by atoms with van der Waals surface area (Å²) in [5, 5.41) is 0. The van der Waals surface area contributed by atoms with E-state index in [4.69, 9.17) is 4.74 Å². The molecule has 1 aliphatic carbocycles. The minimum absolute atomic E-state index is 0.167. The second-order valence-corrected chi connectivity index (χ2v) is 7.13. The highest BCUT2D eigenvalue weighted by Gasteiger charge is 2.44. The highest BCUT2D eigenvalue weighted by atomic mass is 19.4. The van der Waals surface area contributed by atoms with Gasteiger partial charge < -0.3 is 14.5 Å². The maximum atomic E-state index is 12.9. The van der Waals surface area contributed by atoms with Crippen molar-refractivity contribution in [2.24, 2.45) is 5.92 Å². The molecular weight excluding hydrogens is 305 g/mol. The third-order valence-electron chi connectivity index (χ3n) is 5.46. The summed E-state index contributed by atoms with van der Waals surface area (Å²) in [5.74, 6) is -0.399. The molecule has 0 N–H and O–H groups in total. The van der Waals surface area contributed by atoms with Gasteiger partial charge in [-0.15, -0.1) is 0 Å². The third-order valence-corrected chi connectivity index (χ3v) is 5.46. The average molecular weight is 332 g/mol. The maximum absolute atomic E-state index is 12.9. The maximum Gasteiger partial charge on any atom is 0.450 e. The molecule has 1 saturated heterocycles. The van der Waals surface area contributed by atoms with Crippen molar-refractivity contribution in [3.63, 3.8) is 0 Å². The van der Waals surface area contributed by atoms with Crippen LogP contribution in [0.2, 0.25) is 0 Å². The number of allylic oxidation sites excluding steroid dienone is 1. The van der Waals surface area contributed by atoms with Crippen molar-refractivity contribution in [3.05, 3.63) is 12.0 Å². The fourth-order valence-electron chi connectivity index (χ4n) is 4.29. The predicted octanol–water partition coefficient (Wildman–Crippen LogP) is 4.11. The number of piperidine rings is 1. The SMILES string of the molecule is CC1OC(C(F)(F)F)=CN1[C@@H]1CCCC[C@H]1CN1CCCCC1. The lowest BCUT2D eigenvalue weighted by Gasteiger charge is -2.42. The van der Waals surface area contributed by atoms with E-state index in [1.807, 2.05) is 4.90 Å². The lowest BCUT2D eigenvalue weighted by Crippen LogP contribution is -2.47. The normalized spacial score (nSPS) is 33.5. The van der Waals surface area contributed by atoms with Gasteiger partial charge in [0.05, 0.1) is 6.20 Å². The first-order chi connectivity index (χ1) is 10.9. The van der Waals surface area contributed by atoms with Gasteiger partial charge in [0, 0.05) is 12.6 Å². The molecule has 3 aliphatic rings. The van der Waals surface area contributed by atoms with Gasteiger partial charge in [0.15, 0.2) is 6.23 Å². The molecule has 3 nitrogen and oxygen atoms in total. The van der Waals surface area contributed by atoms with Gasteiger partial charge in [-0.25, -0.2) is 0 Å². The predicted molar refractivity (Wildman–Crippen MR) is 82.6 cm³/mol. The van der Waals surface area contributed by atoms with E-state index in [1.165, 1.54) is 31.9 Å². The van der Waals surface area contributed by atoms with Crippen LogP contribution in [-0.4, -0.2) is 47.9 Å². The smallest absolute Gasteiger partial charge is 0.450 e. The summed E-state index contributed by atoms with van der Waals surface area (Å²) < 4.78 is 43.8. The number of likely N-dealkylation sites (tertiary alicyclic amines) is 1. The Hall–Kier alpha value is -0.910. The van der Waals surface area contributed by atoms with Gasteiger partial charge >= 0.3 is 6.18 Å². The molecule has 3 atom stereocenters. The highest BCUT2D eigenvalue weighted by molar-refractivity contribution is 5.08. The summed E-state index contributed by atoms with van der Waals surface area (Å²) >= 11 is 0. The van der Waals surface area contributed by atoms with Crippen LogP contribution in [0.4, 0.5) is 13.2 Å². The number of rotatable bonds is 3. The summed E-state index contributed by atoms with van der Waals surface area (Å²) in [7, 11) is 0. The van der Waals surface area contributed by atoms with Crippen LogP contribution in [0.15, 0.2) is 12.0 Å². The van der Waals surface area contributed by atoms with Gasteiger partial charge in [-0.2, -0.15) is 13.2 Å². The molecule has 0 radical (unpaired) electrons. The molecule has 23 heavy (non-hydrogen) atoms. The van der Waals surface area contributed by atoms with Crippen molar-refractivity contribution in [3.8, 4) is 0 Å². The quantitative estimate of drug-likeness (QED) is 0.773. The molecule has 0 spiro atoms. The first kappa shape index (κ1) is 16.9. The highest BCUT2D eigenvalue weighted by Crippen LogP contribution is 2.38. The molecule has 2 aliphatic heterocycles. The van der Waals surface area contributed by atoms with Crippen LogP contribution in [0.25, 0.3) is 0 Å². The third kappa shape index (κ3) is 3.95. The molecule has 0 aromatic carbocycles. The summed E-state index contributed by atoms with van der Waals surface area (Å²) in [6, 6.07) is 0.167. The topological polar surface area (TPSA) is 15.7 Å². The van der Waals surface area contributed by atoms with Crippen LogP contribution >= 0.6 is 0 Å². The fourth-order valence-corrected chi connectivity index (χ4v) is 4.29. The molecule has 2 heterocycles. The Morgan fingerprint density at radius 2 is 1.78 bits per heavy atom. The molecule has 132 valence electrons. The van der Waals surface area contributed by atoms with Gasteiger partial charge in [0.2, 0.25) is 5.76 Å². The van der Waals surface area contributed by atoms with Gasteiger partial charge in [-0.3, -0.25) is 0 Å². The Morgan fingerprint density at radius 3 is 2.43 bits per heavy atom. The first-order valence-electron chi connectivity index (χ1n) is 8.90. The van der Waals surface area contributed by atoms with E-state index in [2.05, 4.69) is 4.90 Å². The lowest BCUT2D eigenvalue weighted by atomic mass is 9.83. The van der Waals surface area contributed by atoms with Crippen LogP contribution in [-0.2, 0) is 4.74 Å². The molecule has 0 aromatic rings. The van der Waals surface area contributed by atoms with Crippen LogP contribution in [0, 0.1) is 5.92 Å². The second-order valence-electron chi connectivity index (χ2n) is 7.13. The molecule has 1 saturated carbocycles. The van der Waals surface area contributed by atoms with Crippen LogP contribution < -0.4 is 0 Å². The molecule has 2 fully saturated rings. The van der Waals surface area contributed by atoms with Gasteiger partial charge in [0.25, 0.3) is 0 Å². The fraction of sp³-hybridized carbons (Fsp3) is 0.882. The average Bonchev–Trinajstić information content (AvgIpc) is 2.91. The largest absolute Gasteiger partial charge is 0.464 e. The molecule has 0 aromatic heterocycles. The zero-order valence-corrected chi connectivity index (χ0v) is 13.8. The van der Waals surface area contributed by atoms with Crippen molar-refractivity contribution in [1.82, 2.24) is 9.80 Å². The van der Waals surface area contributed by atoms with E-state index in [1.54, 1.807) is 6.92 Å². The lowest BCUT2D eigenvalue weighted by molar-refractivity contribution is -0.139. The number of hydrogen-bond donors (Lipinski definition) is 0. The van der Waals surface area contributed by atoms with Crippen molar-refractivity contribution in [2.75, 3.05) is 19.6 Å². The van der Waals surface area contributed by atoms with Crippen molar-refractivity contribution < 1.29 is 17.9 Å². The number of halogens is 3.